The maximum Gasteiger partial charge on any atom is 0.227 e. The summed E-state index contributed by atoms with van der Waals surface area (Å²) in [5.41, 5.74) is 5.43. The van der Waals surface area contributed by atoms with Gasteiger partial charge in [0.15, 0.2) is 0 Å². The van der Waals surface area contributed by atoms with Gasteiger partial charge in [0.25, 0.3) is 0 Å². The molecule has 2 aliphatic rings. The molecule has 2 N–H and O–H groups in total. The van der Waals surface area contributed by atoms with Crippen LogP contribution in [0, 0.1) is 18.3 Å². The highest BCUT2D eigenvalue weighted by Crippen LogP contribution is 2.34. The molecule has 2 atom stereocenters. The SMILES string of the molecule is Cc1cc(-c2ccnc(Nc3cnn([C@H]4CCNC4)c3)n2)ccc1CCC(=O)N1CCC(C(C)(C)C)C1. The maximum absolute atomic E-state index is 12.8. The van der Waals surface area contributed by atoms with E-state index in [0.717, 1.165) is 62.4 Å². The van der Waals surface area contributed by atoms with E-state index in [9.17, 15) is 4.79 Å². The number of aryl methyl sites for hydroxylation is 2. The minimum atomic E-state index is 0.257. The molecular formula is C29H39N7O. The van der Waals surface area contributed by atoms with Crippen LogP contribution in [0.4, 0.5) is 11.6 Å². The Bertz CT molecular complexity index is 1240. The molecule has 0 aliphatic carbocycles. The number of benzene rings is 1. The zero-order valence-corrected chi connectivity index (χ0v) is 22.5. The molecule has 0 radical (unpaired) electrons. The lowest BCUT2D eigenvalue weighted by Gasteiger charge is -2.27. The predicted octanol–water partition coefficient (Wildman–Crippen LogP) is 4.75. The molecular weight excluding hydrogens is 462 g/mol. The number of rotatable bonds is 7. The number of carbonyl (C=O) groups is 1. The molecule has 2 saturated heterocycles. The first kappa shape index (κ1) is 25.4. The molecule has 4 heterocycles. The third kappa shape index (κ3) is 6.01. The standard InChI is InChI=1S/C29H39N7O/c1-20-15-22(6-5-21(20)7-8-27(37)35-14-11-23(18-35)29(2,3)4)26-10-13-31-28(34-26)33-24-16-32-36(19-24)25-9-12-30-17-25/h5-6,10,13,15-16,19,23,25,30H,7-9,11-12,14,17-18H2,1-4H3,(H,31,33,34)/t23?,25-/m0/s1. The number of hydrogen-bond donors (Lipinski definition) is 2. The molecule has 3 aromatic rings. The van der Waals surface area contributed by atoms with Gasteiger partial charge in [0.05, 0.1) is 23.6 Å². The third-order valence-electron chi connectivity index (χ3n) is 7.93. The van der Waals surface area contributed by atoms with Crippen molar-refractivity contribution in [2.45, 2.75) is 59.4 Å². The molecule has 196 valence electrons. The summed E-state index contributed by atoms with van der Waals surface area (Å²) < 4.78 is 2.01. The molecule has 0 saturated carbocycles. The van der Waals surface area contributed by atoms with Crippen LogP contribution in [-0.4, -0.2) is 56.7 Å². The fourth-order valence-electron chi connectivity index (χ4n) is 5.41. The summed E-state index contributed by atoms with van der Waals surface area (Å²) in [6, 6.07) is 8.71. The average Bonchev–Trinajstić information content (AvgIpc) is 3.64. The van der Waals surface area contributed by atoms with Crippen molar-refractivity contribution in [2.75, 3.05) is 31.5 Å². The van der Waals surface area contributed by atoms with Crippen LogP contribution in [-0.2, 0) is 11.2 Å². The van der Waals surface area contributed by atoms with Crippen molar-refractivity contribution in [1.29, 1.82) is 0 Å². The molecule has 0 bridgehead atoms. The number of nitrogens with one attached hydrogen (secondary N) is 2. The van der Waals surface area contributed by atoms with Gasteiger partial charge in [-0.15, -0.1) is 0 Å². The van der Waals surface area contributed by atoms with Crippen LogP contribution in [0.15, 0.2) is 42.9 Å². The van der Waals surface area contributed by atoms with Gasteiger partial charge in [-0.25, -0.2) is 9.97 Å². The second kappa shape index (κ2) is 10.6. The van der Waals surface area contributed by atoms with Crippen LogP contribution in [0.2, 0.25) is 0 Å². The molecule has 2 aliphatic heterocycles. The van der Waals surface area contributed by atoms with Gasteiger partial charge >= 0.3 is 0 Å². The van der Waals surface area contributed by atoms with E-state index < -0.39 is 0 Å². The van der Waals surface area contributed by atoms with Crippen LogP contribution in [0.1, 0.15) is 57.2 Å². The van der Waals surface area contributed by atoms with Gasteiger partial charge in [-0.05, 0) is 67.3 Å². The summed E-state index contributed by atoms with van der Waals surface area (Å²) in [7, 11) is 0. The highest BCUT2D eigenvalue weighted by atomic mass is 16.2. The minimum Gasteiger partial charge on any atom is -0.342 e. The highest BCUT2D eigenvalue weighted by molar-refractivity contribution is 5.77. The molecule has 1 aromatic carbocycles. The van der Waals surface area contributed by atoms with Crippen molar-refractivity contribution in [1.82, 2.24) is 30.0 Å². The molecule has 8 nitrogen and oxygen atoms in total. The Kier molecular flexibility index (Phi) is 7.29. The Balaban J connectivity index is 1.20. The summed E-state index contributed by atoms with van der Waals surface area (Å²) in [6.07, 6.45) is 9.13. The van der Waals surface area contributed by atoms with Crippen LogP contribution in [0.5, 0.6) is 0 Å². The third-order valence-corrected chi connectivity index (χ3v) is 7.93. The summed E-state index contributed by atoms with van der Waals surface area (Å²) in [5.74, 6) is 1.41. The number of aromatic nitrogens is 4. The van der Waals surface area contributed by atoms with Crippen molar-refractivity contribution in [3.05, 3.63) is 54.0 Å². The largest absolute Gasteiger partial charge is 0.342 e. The fourth-order valence-corrected chi connectivity index (χ4v) is 5.41. The molecule has 2 aromatic heterocycles. The first-order valence-corrected chi connectivity index (χ1v) is 13.5. The summed E-state index contributed by atoms with van der Waals surface area (Å²) in [6.45, 7) is 12.7. The Hall–Kier alpha value is -3.26. The van der Waals surface area contributed by atoms with Crippen LogP contribution in [0.3, 0.4) is 0 Å². The second-order valence-electron chi connectivity index (χ2n) is 11.6. The molecule has 0 spiro atoms. The smallest absolute Gasteiger partial charge is 0.227 e. The molecule has 5 rings (SSSR count). The molecule has 1 amide bonds. The fraction of sp³-hybridized carbons (Fsp3) is 0.517. The lowest BCUT2D eigenvalue weighted by molar-refractivity contribution is -0.130. The van der Waals surface area contributed by atoms with E-state index in [-0.39, 0.29) is 11.3 Å². The Morgan fingerprint density at radius 1 is 1.22 bits per heavy atom. The Morgan fingerprint density at radius 2 is 2.08 bits per heavy atom. The first-order chi connectivity index (χ1) is 17.8. The van der Waals surface area contributed by atoms with Crippen LogP contribution < -0.4 is 10.6 Å². The molecule has 8 heteroatoms. The van der Waals surface area contributed by atoms with Gasteiger partial charge < -0.3 is 15.5 Å². The van der Waals surface area contributed by atoms with E-state index in [1.165, 1.54) is 11.1 Å². The number of nitrogens with zero attached hydrogens (tertiary/aromatic N) is 5. The molecule has 2 fully saturated rings. The Morgan fingerprint density at radius 3 is 2.81 bits per heavy atom. The van der Waals surface area contributed by atoms with Crippen molar-refractivity contribution in [2.24, 2.45) is 11.3 Å². The van der Waals surface area contributed by atoms with Crippen molar-refractivity contribution >= 4 is 17.5 Å². The molecule has 37 heavy (non-hydrogen) atoms. The Labute approximate surface area is 219 Å². The van der Waals surface area contributed by atoms with Crippen molar-refractivity contribution in [3.63, 3.8) is 0 Å². The number of hydrogen-bond acceptors (Lipinski definition) is 6. The van der Waals surface area contributed by atoms with Gasteiger partial charge in [0, 0.05) is 44.0 Å². The zero-order chi connectivity index (χ0) is 26.0. The van der Waals surface area contributed by atoms with Gasteiger partial charge in [0.2, 0.25) is 11.9 Å². The van der Waals surface area contributed by atoms with E-state index in [2.05, 4.69) is 71.5 Å². The number of carbonyl (C=O) groups excluding carboxylic acids is 1. The quantitative estimate of drug-likeness (QED) is 0.486. The predicted molar refractivity (Wildman–Crippen MR) is 147 cm³/mol. The second-order valence-corrected chi connectivity index (χ2v) is 11.6. The van der Waals surface area contributed by atoms with Gasteiger partial charge in [-0.1, -0.05) is 32.9 Å². The van der Waals surface area contributed by atoms with Gasteiger partial charge in [0.1, 0.15) is 0 Å². The van der Waals surface area contributed by atoms with Crippen LogP contribution >= 0.6 is 0 Å². The maximum atomic E-state index is 12.8. The van der Waals surface area contributed by atoms with Crippen molar-refractivity contribution < 1.29 is 4.79 Å². The lowest BCUT2D eigenvalue weighted by atomic mass is 9.80. The summed E-state index contributed by atoms with van der Waals surface area (Å²) in [4.78, 5) is 24.0. The van der Waals surface area contributed by atoms with Crippen LogP contribution in [0.25, 0.3) is 11.3 Å². The van der Waals surface area contributed by atoms with Crippen molar-refractivity contribution in [3.8, 4) is 11.3 Å². The highest BCUT2D eigenvalue weighted by Gasteiger charge is 2.33. The minimum absolute atomic E-state index is 0.257. The van der Waals surface area contributed by atoms with E-state index in [4.69, 9.17) is 4.98 Å². The van der Waals surface area contributed by atoms with Gasteiger partial charge in [-0.2, -0.15) is 5.10 Å². The summed E-state index contributed by atoms with van der Waals surface area (Å²) in [5, 5.41) is 11.2. The number of anilines is 2. The van der Waals surface area contributed by atoms with E-state index in [1.54, 1.807) is 6.20 Å². The number of likely N-dealkylation sites (tertiary alicyclic amines) is 1. The van der Waals surface area contributed by atoms with E-state index in [0.29, 0.717) is 24.3 Å². The normalized spacial score (nSPS) is 19.9. The van der Waals surface area contributed by atoms with E-state index >= 15 is 0 Å². The summed E-state index contributed by atoms with van der Waals surface area (Å²) >= 11 is 0. The zero-order valence-electron chi connectivity index (χ0n) is 22.5. The lowest BCUT2D eigenvalue weighted by Crippen LogP contribution is -2.31. The first-order valence-electron chi connectivity index (χ1n) is 13.5. The monoisotopic (exact) mass is 501 g/mol. The van der Waals surface area contributed by atoms with Gasteiger partial charge in [-0.3, -0.25) is 9.48 Å². The average molecular weight is 502 g/mol. The molecule has 1 unspecified atom stereocenters. The topological polar surface area (TPSA) is 88.0 Å². The van der Waals surface area contributed by atoms with E-state index in [1.807, 2.05) is 23.1 Å². The number of amides is 1.